The molecule has 2 N–H and O–H groups in total. The summed E-state index contributed by atoms with van der Waals surface area (Å²) in [6.07, 6.45) is 3.99. The highest BCUT2D eigenvalue weighted by Gasteiger charge is 2.21. The van der Waals surface area contributed by atoms with Crippen molar-refractivity contribution in [3.05, 3.63) is 76.7 Å². The third-order valence-electron chi connectivity index (χ3n) is 5.05. The van der Waals surface area contributed by atoms with Crippen LogP contribution in [0.25, 0.3) is 11.1 Å². The van der Waals surface area contributed by atoms with Gasteiger partial charge in [-0.05, 0) is 66.6 Å². The number of nitrogens with zero attached hydrogens (tertiary/aromatic N) is 2. The molecule has 1 aromatic heterocycles. The lowest BCUT2D eigenvalue weighted by atomic mass is 9.86. The summed E-state index contributed by atoms with van der Waals surface area (Å²) >= 11 is 0. The standard InChI is InChI=1S/C23H20FN3O/c24-17-5-3-4-15(12-17)14-28-18-10-8-16(9-11-18)22-19-6-1-2-7-21(19)27-23(26)20(22)13-25/h3-5,8-12H,1-2,6-7,14H2,(H2,26,27). The highest BCUT2D eigenvalue weighted by atomic mass is 19.1. The zero-order chi connectivity index (χ0) is 19.5. The Morgan fingerprint density at radius 3 is 2.64 bits per heavy atom. The number of pyridine rings is 1. The van der Waals surface area contributed by atoms with Crippen LogP contribution in [0.5, 0.6) is 5.75 Å². The number of benzene rings is 2. The minimum Gasteiger partial charge on any atom is -0.489 e. The molecule has 1 aliphatic carbocycles. The lowest BCUT2D eigenvalue weighted by Crippen LogP contribution is -2.11. The molecule has 0 radical (unpaired) electrons. The number of fused-ring (bicyclic) bond motifs is 1. The number of nitrogens with two attached hydrogens (primary N) is 1. The van der Waals surface area contributed by atoms with Crippen LogP contribution in [0.2, 0.25) is 0 Å². The van der Waals surface area contributed by atoms with Gasteiger partial charge in [-0.2, -0.15) is 5.26 Å². The Labute approximate surface area is 163 Å². The first-order valence-electron chi connectivity index (χ1n) is 9.34. The third-order valence-corrected chi connectivity index (χ3v) is 5.05. The van der Waals surface area contributed by atoms with Gasteiger partial charge in [0.15, 0.2) is 0 Å². The fraction of sp³-hybridized carbons (Fsp3) is 0.217. The van der Waals surface area contributed by atoms with Crippen molar-refractivity contribution >= 4 is 5.82 Å². The highest BCUT2D eigenvalue weighted by molar-refractivity contribution is 5.79. The predicted molar refractivity (Wildman–Crippen MR) is 106 cm³/mol. The van der Waals surface area contributed by atoms with E-state index >= 15 is 0 Å². The SMILES string of the molecule is N#Cc1c(N)nc2c(c1-c1ccc(OCc3cccc(F)c3)cc1)CCCC2. The Balaban J connectivity index is 1.62. The van der Waals surface area contributed by atoms with Crippen molar-refractivity contribution in [1.29, 1.82) is 5.26 Å². The first-order chi connectivity index (χ1) is 13.7. The second-order valence-electron chi connectivity index (χ2n) is 6.93. The molecule has 2 aromatic carbocycles. The molecule has 4 rings (SSSR count). The molecule has 3 aromatic rings. The van der Waals surface area contributed by atoms with Gasteiger partial charge in [-0.1, -0.05) is 24.3 Å². The van der Waals surface area contributed by atoms with Crippen LogP contribution >= 0.6 is 0 Å². The molecule has 0 saturated heterocycles. The van der Waals surface area contributed by atoms with Gasteiger partial charge in [-0.25, -0.2) is 9.37 Å². The summed E-state index contributed by atoms with van der Waals surface area (Å²) in [5.41, 5.74) is 11.2. The molecule has 0 spiro atoms. The van der Waals surface area contributed by atoms with Crippen molar-refractivity contribution in [3.63, 3.8) is 0 Å². The van der Waals surface area contributed by atoms with Crippen molar-refractivity contribution in [2.75, 3.05) is 5.73 Å². The number of hydrogen-bond donors (Lipinski definition) is 1. The lowest BCUT2D eigenvalue weighted by Gasteiger charge is -2.21. The van der Waals surface area contributed by atoms with E-state index in [4.69, 9.17) is 10.5 Å². The van der Waals surface area contributed by atoms with Gasteiger partial charge in [0.05, 0.1) is 0 Å². The van der Waals surface area contributed by atoms with Crippen LogP contribution in [0.15, 0.2) is 48.5 Å². The minimum atomic E-state index is -0.277. The smallest absolute Gasteiger partial charge is 0.142 e. The molecule has 0 amide bonds. The number of nitriles is 1. The molecule has 0 saturated carbocycles. The fourth-order valence-corrected chi connectivity index (χ4v) is 3.71. The van der Waals surface area contributed by atoms with E-state index in [1.54, 1.807) is 6.07 Å². The molecular formula is C23H20FN3O. The molecule has 4 nitrogen and oxygen atoms in total. The molecule has 5 heteroatoms. The van der Waals surface area contributed by atoms with Gasteiger partial charge in [0.1, 0.15) is 35.6 Å². The van der Waals surface area contributed by atoms with E-state index < -0.39 is 0 Å². The maximum Gasteiger partial charge on any atom is 0.142 e. The van der Waals surface area contributed by atoms with Crippen LogP contribution < -0.4 is 10.5 Å². The van der Waals surface area contributed by atoms with Crippen LogP contribution in [-0.2, 0) is 19.4 Å². The van der Waals surface area contributed by atoms with E-state index in [9.17, 15) is 9.65 Å². The summed E-state index contributed by atoms with van der Waals surface area (Å²) in [7, 11) is 0. The van der Waals surface area contributed by atoms with Gasteiger partial charge in [-0.3, -0.25) is 0 Å². The first kappa shape index (κ1) is 18.0. The van der Waals surface area contributed by atoms with Crippen LogP contribution in [-0.4, -0.2) is 4.98 Å². The van der Waals surface area contributed by atoms with Crippen LogP contribution in [0.3, 0.4) is 0 Å². The van der Waals surface area contributed by atoms with E-state index in [-0.39, 0.29) is 12.4 Å². The Morgan fingerprint density at radius 1 is 1.11 bits per heavy atom. The number of halogens is 1. The molecule has 0 unspecified atom stereocenters. The van der Waals surface area contributed by atoms with Crippen molar-refractivity contribution < 1.29 is 9.13 Å². The zero-order valence-corrected chi connectivity index (χ0v) is 15.4. The molecule has 1 heterocycles. The first-order valence-corrected chi connectivity index (χ1v) is 9.34. The normalized spacial score (nSPS) is 12.9. The van der Waals surface area contributed by atoms with Gasteiger partial charge in [0.2, 0.25) is 0 Å². The average Bonchev–Trinajstić information content (AvgIpc) is 2.72. The second kappa shape index (κ2) is 7.69. The van der Waals surface area contributed by atoms with Gasteiger partial charge in [-0.15, -0.1) is 0 Å². The monoisotopic (exact) mass is 373 g/mol. The molecule has 0 fully saturated rings. The minimum absolute atomic E-state index is 0.277. The summed E-state index contributed by atoms with van der Waals surface area (Å²) in [5.74, 6) is 0.701. The Kier molecular flexibility index (Phi) is 4.94. The number of hydrogen-bond acceptors (Lipinski definition) is 4. The molecule has 1 aliphatic rings. The zero-order valence-electron chi connectivity index (χ0n) is 15.4. The molecule has 28 heavy (non-hydrogen) atoms. The summed E-state index contributed by atoms with van der Waals surface area (Å²) in [6.45, 7) is 0.290. The maximum absolute atomic E-state index is 13.3. The number of nitrogen functional groups attached to an aromatic ring is 1. The predicted octanol–water partition coefficient (Wildman–Crippen LogP) is 4.80. The van der Waals surface area contributed by atoms with E-state index in [1.165, 1.54) is 12.1 Å². The maximum atomic E-state index is 13.3. The molecular weight excluding hydrogens is 353 g/mol. The molecule has 0 atom stereocenters. The number of anilines is 1. The van der Waals surface area contributed by atoms with Gasteiger partial charge in [0, 0.05) is 11.3 Å². The van der Waals surface area contributed by atoms with Gasteiger partial charge >= 0.3 is 0 Å². The Hall–Kier alpha value is -3.39. The Morgan fingerprint density at radius 2 is 1.89 bits per heavy atom. The molecule has 0 bridgehead atoms. The van der Waals surface area contributed by atoms with E-state index in [2.05, 4.69) is 11.1 Å². The largest absolute Gasteiger partial charge is 0.489 e. The number of rotatable bonds is 4. The third kappa shape index (κ3) is 3.54. The van der Waals surface area contributed by atoms with Gasteiger partial charge < -0.3 is 10.5 Å². The second-order valence-corrected chi connectivity index (χ2v) is 6.93. The topological polar surface area (TPSA) is 71.9 Å². The van der Waals surface area contributed by atoms with Crippen LogP contribution in [0.4, 0.5) is 10.2 Å². The summed E-state index contributed by atoms with van der Waals surface area (Å²) in [4.78, 5) is 4.46. The quantitative estimate of drug-likeness (QED) is 0.713. The van der Waals surface area contributed by atoms with E-state index in [0.717, 1.165) is 53.6 Å². The van der Waals surface area contributed by atoms with Crippen LogP contribution in [0.1, 0.15) is 35.2 Å². The summed E-state index contributed by atoms with van der Waals surface area (Å²) in [6, 6.07) is 16.2. The van der Waals surface area contributed by atoms with E-state index in [0.29, 0.717) is 17.1 Å². The van der Waals surface area contributed by atoms with E-state index in [1.807, 2.05) is 30.3 Å². The summed E-state index contributed by atoms with van der Waals surface area (Å²) in [5, 5.41) is 9.62. The number of aromatic nitrogens is 1. The molecule has 0 aliphatic heterocycles. The summed E-state index contributed by atoms with van der Waals surface area (Å²) < 4.78 is 19.0. The van der Waals surface area contributed by atoms with Crippen molar-refractivity contribution in [1.82, 2.24) is 4.98 Å². The fourth-order valence-electron chi connectivity index (χ4n) is 3.71. The van der Waals surface area contributed by atoms with Crippen molar-refractivity contribution in [3.8, 4) is 22.9 Å². The Bertz CT molecular complexity index is 1050. The van der Waals surface area contributed by atoms with Crippen molar-refractivity contribution in [2.45, 2.75) is 32.3 Å². The van der Waals surface area contributed by atoms with Crippen LogP contribution in [0, 0.1) is 17.1 Å². The molecule has 140 valence electrons. The number of ether oxygens (including phenoxy) is 1. The highest BCUT2D eigenvalue weighted by Crippen LogP contribution is 2.36. The average molecular weight is 373 g/mol. The van der Waals surface area contributed by atoms with Crippen molar-refractivity contribution in [2.24, 2.45) is 0 Å². The van der Waals surface area contributed by atoms with Gasteiger partial charge in [0.25, 0.3) is 0 Å². The lowest BCUT2D eigenvalue weighted by molar-refractivity contribution is 0.305. The number of aryl methyl sites for hydroxylation is 1.